The molecule has 1 atom stereocenters. The summed E-state index contributed by atoms with van der Waals surface area (Å²) < 4.78 is 0. The second kappa shape index (κ2) is 5.08. The van der Waals surface area contributed by atoms with Crippen molar-refractivity contribution in [3.8, 4) is 0 Å². The fraction of sp³-hybridized carbons (Fsp3) is 0.909. The van der Waals surface area contributed by atoms with Crippen molar-refractivity contribution in [2.75, 3.05) is 6.54 Å². The van der Waals surface area contributed by atoms with Gasteiger partial charge in [-0.25, -0.2) is 0 Å². The van der Waals surface area contributed by atoms with E-state index < -0.39 is 0 Å². The third-order valence-corrected chi connectivity index (χ3v) is 2.98. The molecule has 1 rings (SSSR count). The van der Waals surface area contributed by atoms with Crippen molar-refractivity contribution in [3.63, 3.8) is 0 Å². The van der Waals surface area contributed by atoms with Gasteiger partial charge >= 0.3 is 0 Å². The predicted octanol–water partition coefficient (Wildman–Crippen LogP) is 2.17. The van der Waals surface area contributed by atoms with Gasteiger partial charge in [0.15, 0.2) is 0 Å². The van der Waals surface area contributed by atoms with E-state index in [1.807, 2.05) is 0 Å². The smallest absolute Gasteiger partial charge is 0.0902 e. The summed E-state index contributed by atoms with van der Waals surface area (Å²) in [6.07, 6.45) is 3.69. The summed E-state index contributed by atoms with van der Waals surface area (Å²) in [6.45, 7) is 7.80. The zero-order valence-corrected chi connectivity index (χ0v) is 10.3. The molecule has 1 saturated carbocycles. The maximum Gasteiger partial charge on any atom is 0.0902 e. The molecule has 1 unspecified atom stereocenters. The van der Waals surface area contributed by atoms with Gasteiger partial charge in [0, 0.05) is 12.6 Å². The van der Waals surface area contributed by atoms with E-state index >= 15 is 0 Å². The molecule has 2 N–H and O–H groups in total. The molecule has 0 amide bonds. The first kappa shape index (κ1) is 11.9. The van der Waals surface area contributed by atoms with Crippen LogP contribution in [0.25, 0.3) is 0 Å². The van der Waals surface area contributed by atoms with E-state index in [1.54, 1.807) is 0 Å². The van der Waals surface area contributed by atoms with Crippen molar-refractivity contribution in [3.05, 3.63) is 0 Å². The number of thiocarbonyl (C=S) groups is 1. The van der Waals surface area contributed by atoms with Crippen LogP contribution in [0.2, 0.25) is 0 Å². The summed E-state index contributed by atoms with van der Waals surface area (Å²) in [5, 5.41) is 0. The normalized spacial score (nSPS) is 18.9. The van der Waals surface area contributed by atoms with Crippen LogP contribution in [-0.4, -0.2) is 28.5 Å². The zero-order valence-electron chi connectivity index (χ0n) is 9.49. The van der Waals surface area contributed by atoms with Crippen molar-refractivity contribution in [1.29, 1.82) is 0 Å². The highest BCUT2D eigenvalue weighted by Crippen LogP contribution is 2.30. The lowest BCUT2D eigenvalue weighted by Crippen LogP contribution is -2.46. The summed E-state index contributed by atoms with van der Waals surface area (Å²) in [6, 6.07) is 1.07. The maximum absolute atomic E-state index is 5.78. The van der Waals surface area contributed by atoms with E-state index in [0.717, 1.165) is 19.0 Å². The molecule has 1 fully saturated rings. The van der Waals surface area contributed by atoms with Gasteiger partial charge in [0.05, 0.1) is 11.0 Å². The van der Waals surface area contributed by atoms with Crippen LogP contribution in [0.5, 0.6) is 0 Å². The first-order chi connectivity index (χ1) is 6.56. The maximum atomic E-state index is 5.78. The topological polar surface area (TPSA) is 29.3 Å². The summed E-state index contributed by atoms with van der Waals surface area (Å²) in [7, 11) is 0. The van der Waals surface area contributed by atoms with Gasteiger partial charge in [-0.1, -0.05) is 33.0 Å². The van der Waals surface area contributed by atoms with Crippen LogP contribution in [0, 0.1) is 5.92 Å². The van der Waals surface area contributed by atoms with Gasteiger partial charge in [-0.05, 0) is 25.2 Å². The fourth-order valence-corrected chi connectivity index (χ4v) is 2.26. The molecular formula is C11H22N2S. The van der Waals surface area contributed by atoms with Crippen LogP contribution in [0.3, 0.4) is 0 Å². The number of nitrogens with two attached hydrogens (primary N) is 1. The number of hydrogen-bond donors (Lipinski definition) is 1. The Labute approximate surface area is 92.8 Å². The van der Waals surface area contributed by atoms with Gasteiger partial charge < -0.3 is 5.73 Å². The number of hydrogen-bond acceptors (Lipinski definition) is 2. The molecule has 0 aliphatic heterocycles. The van der Waals surface area contributed by atoms with Gasteiger partial charge in [-0.15, -0.1) is 0 Å². The first-order valence-corrected chi connectivity index (χ1v) is 6.02. The van der Waals surface area contributed by atoms with E-state index in [4.69, 9.17) is 18.0 Å². The third kappa shape index (κ3) is 3.21. The highest BCUT2D eigenvalue weighted by atomic mass is 32.1. The van der Waals surface area contributed by atoms with Gasteiger partial charge in [-0.2, -0.15) is 0 Å². The quantitative estimate of drug-likeness (QED) is 0.687. The molecule has 0 saturated heterocycles. The van der Waals surface area contributed by atoms with E-state index in [9.17, 15) is 0 Å². The highest BCUT2D eigenvalue weighted by Gasteiger charge is 2.34. The lowest BCUT2D eigenvalue weighted by atomic mass is 10.1. The summed E-state index contributed by atoms with van der Waals surface area (Å²) >= 11 is 5.13. The fourth-order valence-electron chi connectivity index (χ4n) is 1.96. The number of nitrogens with zero attached hydrogens (tertiary/aromatic N) is 1. The van der Waals surface area contributed by atoms with Crippen LogP contribution in [-0.2, 0) is 0 Å². The van der Waals surface area contributed by atoms with Gasteiger partial charge in [0.25, 0.3) is 0 Å². The first-order valence-electron chi connectivity index (χ1n) is 5.61. The van der Waals surface area contributed by atoms with Gasteiger partial charge in [0.1, 0.15) is 0 Å². The van der Waals surface area contributed by atoms with Gasteiger partial charge in [0.2, 0.25) is 0 Å². The van der Waals surface area contributed by atoms with Crippen molar-refractivity contribution >= 4 is 17.2 Å². The highest BCUT2D eigenvalue weighted by molar-refractivity contribution is 7.80. The molecule has 82 valence electrons. The van der Waals surface area contributed by atoms with Crippen LogP contribution in [0.15, 0.2) is 0 Å². The second-order valence-corrected chi connectivity index (χ2v) is 5.12. The Balaban J connectivity index is 2.59. The van der Waals surface area contributed by atoms with Crippen LogP contribution in [0.1, 0.15) is 40.0 Å². The molecule has 14 heavy (non-hydrogen) atoms. The summed E-state index contributed by atoms with van der Waals surface area (Å²) in [5.41, 5.74) is 5.78. The van der Waals surface area contributed by atoms with Crippen LogP contribution < -0.4 is 5.73 Å². The minimum Gasteiger partial charge on any atom is -0.392 e. The molecule has 1 aliphatic rings. The predicted molar refractivity (Wildman–Crippen MR) is 65.4 cm³/mol. The number of rotatable bonds is 6. The average molecular weight is 214 g/mol. The average Bonchev–Trinajstić information content (AvgIpc) is 2.84. The van der Waals surface area contributed by atoms with Gasteiger partial charge in [-0.3, -0.25) is 4.90 Å². The minimum absolute atomic E-state index is 0.319. The Morgan fingerprint density at radius 2 is 2.07 bits per heavy atom. The standard InChI is InChI=1S/C11H22N2S/c1-4-10(11(12)14)13(7-8(2)3)9-5-6-9/h8-10H,4-7H2,1-3H3,(H2,12,14). The van der Waals surface area contributed by atoms with Crippen molar-refractivity contribution in [2.45, 2.75) is 52.1 Å². The van der Waals surface area contributed by atoms with Crippen molar-refractivity contribution < 1.29 is 0 Å². The van der Waals surface area contributed by atoms with Crippen molar-refractivity contribution in [1.82, 2.24) is 4.90 Å². The van der Waals surface area contributed by atoms with E-state index in [-0.39, 0.29) is 0 Å². The molecule has 0 aromatic rings. The molecule has 0 heterocycles. The summed E-state index contributed by atoms with van der Waals surface area (Å²) in [5.74, 6) is 0.694. The molecule has 0 bridgehead atoms. The third-order valence-electron chi connectivity index (χ3n) is 2.71. The van der Waals surface area contributed by atoms with E-state index in [1.165, 1.54) is 12.8 Å². The Bertz CT molecular complexity index is 199. The largest absolute Gasteiger partial charge is 0.392 e. The van der Waals surface area contributed by atoms with Crippen molar-refractivity contribution in [2.24, 2.45) is 11.7 Å². The minimum atomic E-state index is 0.319. The summed E-state index contributed by atoms with van der Waals surface area (Å²) in [4.78, 5) is 3.17. The van der Waals surface area contributed by atoms with E-state index in [2.05, 4.69) is 25.7 Å². The molecule has 3 heteroatoms. The molecule has 1 aliphatic carbocycles. The molecule has 0 aromatic carbocycles. The Morgan fingerprint density at radius 3 is 2.36 bits per heavy atom. The van der Waals surface area contributed by atoms with Crippen LogP contribution >= 0.6 is 12.2 Å². The Kier molecular flexibility index (Phi) is 4.32. The Hall–Kier alpha value is -0.150. The monoisotopic (exact) mass is 214 g/mol. The van der Waals surface area contributed by atoms with Crippen LogP contribution in [0.4, 0.5) is 0 Å². The lowest BCUT2D eigenvalue weighted by molar-refractivity contribution is 0.202. The zero-order chi connectivity index (χ0) is 10.7. The molecule has 0 aromatic heterocycles. The molecule has 2 nitrogen and oxygen atoms in total. The molecular weight excluding hydrogens is 192 g/mol. The molecule has 0 radical (unpaired) electrons. The molecule has 0 spiro atoms. The second-order valence-electron chi connectivity index (χ2n) is 4.65. The SMILES string of the molecule is CCC(C(N)=S)N(CC(C)C)C1CC1. The Morgan fingerprint density at radius 1 is 1.50 bits per heavy atom. The van der Waals surface area contributed by atoms with E-state index in [0.29, 0.717) is 16.9 Å². The lowest BCUT2D eigenvalue weighted by Gasteiger charge is -2.31.